The predicted octanol–water partition coefficient (Wildman–Crippen LogP) is 2.59. The van der Waals surface area contributed by atoms with Crippen LogP contribution >= 0.6 is 11.6 Å². The van der Waals surface area contributed by atoms with Crippen molar-refractivity contribution in [1.82, 2.24) is 4.90 Å². The molecule has 0 unspecified atom stereocenters. The normalized spacial score (nSPS) is 12.8. The molecule has 2 aromatic rings. The second kappa shape index (κ2) is 7.05. The third-order valence-corrected chi connectivity index (χ3v) is 4.24. The summed E-state index contributed by atoms with van der Waals surface area (Å²) >= 11 is 6.13. The third kappa shape index (κ3) is 3.09. The van der Waals surface area contributed by atoms with Crippen molar-refractivity contribution in [3.05, 3.63) is 52.5 Å². The average Bonchev–Trinajstić information content (AvgIpc) is 2.88. The highest BCUT2D eigenvalue weighted by Crippen LogP contribution is 2.36. The number of carbonyl (C=O) groups excluding carboxylic acids is 3. The van der Waals surface area contributed by atoms with Gasteiger partial charge in [-0.2, -0.15) is 0 Å². The van der Waals surface area contributed by atoms with Crippen molar-refractivity contribution in [3.63, 3.8) is 0 Å². The van der Waals surface area contributed by atoms with Gasteiger partial charge >= 0.3 is 0 Å². The number of imide groups is 1. The van der Waals surface area contributed by atoms with E-state index in [1.54, 1.807) is 24.3 Å². The quantitative estimate of drug-likeness (QED) is 0.813. The number of ether oxygens (including phenoxy) is 2. The molecule has 0 fully saturated rings. The molecule has 3 rings (SSSR count). The number of anilines is 1. The van der Waals surface area contributed by atoms with Crippen molar-refractivity contribution in [2.45, 2.75) is 0 Å². The summed E-state index contributed by atoms with van der Waals surface area (Å²) in [6.07, 6.45) is 0. The second-order valence-corrected chi connectivity index (χ2v) is 5.88. The van der Waals surface area contributed by atoms with Gasteiger partial charge in [-0.05, 0) is 12.1 Å². The first kappa shape index (κ1) is 17.8. The first-order valence-corrected chi connectivity index (χ1v) is 8.00. The number of halogens is 1. The lowest BCUT2D eigenvalue weighted by Crippen LogP contribution is -2.37. The number of benzene rings is 2. The molecule has 1 aliphatic heterocycles. The van der Waals surface area contributed by atoms with Crippen LogP contribution in [-0.2, 0) is 4.79 Å². The molecule has 1 aliphatic rings. The van der Waals surface area contributed by atoms with Crippen LogP contribution in [0.25, 0.3) is 0 Å². The fraction of sp³-hybridized carbons (Fsp3) is 0.167. The highest BCUT2D eigenvalue weighted by molar-refractivity contribution is 6.34. The standard InChI is InChI=1S/C18H15ClN2O5/c1-25-14-7-12(19)13(8-15(14)26-2)20-16(22)9-21-17(23)10-5-3-4-6-11(10)18(21)24/h3-8H,9H2,1-2H3,(H,20,22). The molecular formula is C18H15ClN2O5. The van der Waals surface area contributed by atoms with Gasteiger partial charge in [0.1, 0.15) is 6.54 Å². The smallest absolute Gasteiger partial charge is 0.262 e. The molecule has 8 heteroatoms. The summed E-state index contributed by atoms with van der Waals surface area (Å²) < 4.78 is 10.3. The molecule has 3 amide bonds. The molecule has 0 spiro atoms. The minimum absolute atomic E-state index is 0.235. The molecule has 0 bridgehead atoms. The largest absolute Gasteiger partial charge is 0.493 e. The van der Waals surface area contributed by atoms with Gasteiger partial charge in [-0.3, -0.25) is 19.3 Å². The van der Waals surface area contributed by atoms with Gasteiger partial charge in [-0.25, -0.2) is 0 Å². The maximum atomic E-state index is 12.3. The highest BCUT2D eigenvalue weighted by Gasteiger charge is 2.36. The number of fused-ring (bicyclic) bond motifs is 1. The molecule has 134 valence electrons. The summed E-state index contributed by atoms with van der Waals surface area (Å²) in [6, 6.07) is 9.44. The molecule has 0 aromatic heterocycles. The Morgan fingerprint density at radius 1 is 1.04 bits per heavy atom. The minimum atomic E-state index is -0.561. The van der Waals surface area contributed by atoms with E-state index in [0.29, 0.717) is 11.5 Å². The number of hydrogen-bond acceptors (Lipinski definition) is 5. The molecule has 7 nitrogen and oxygen atoms in total. The first-order chi connectivity index (χ1) is 12.5. The average molecular weight is 375 g/mol. The van der Waals surface area contributed by atoms with Crippen LogP contribution in [0.5, 0.6) is 11.5 Å². The van der Waals surface area contributed by atoms with Gasteiger partial charge in [0.2, 0.25) is 5.91 Å². The number of carbonyl (C=O) groups is 3. The van der Waals surface area contributed by atoms with E-state index in [9.17, 15) is 14.4 Å². The van der Waals surface area contributed by atoms with Crippen molar-refractivity contribution < 1.29 is 23.9 Å². The van der Waals surface area contributed by atoms with Gasteiger partial charge in [0, 0.05) is 12.1 Å². The Bertz CT molecular complexity index is 877. The lowest BCUT2D eigenvalue weighted by Gasteiger charge is -2.15. The molecule has 0 aliphatic carbocycles. The van der Waals surface area contributed by atoms with Gasteiger partial charge in [0.25, 0.3) is 11.8 Å². The van der Waals surface area contributed by atoms with Crippen LogP contribution in [0.1, 0.15) is 20.7 Å². The summed E-state index contributed by atoms with van der Waals surface area (Å²) in [7, 11) is 2.92. The van der Waals surface area contributed by atoms with Crippen molar-refractivity contribution in [3.8, 4) is 11.5 Å². The molecule has 0 atom stereocenters. The number of nitrogens with one attached hydrogen (secondary N) is 1. The number of nitrogens with zero attached hydrogens (tertiary/aromatic N) is 1. The fourth-order valence-electron chi connectivity index (χ4n) is 2.67. The predicted molar refractivity (Wildman–Crippen MR) is 95.0 cm³/mol. The first-order valence-electron chi connectivity index (χ1n) is 7.63. The number of rotatable bonds is 5. The van der Waals surface area contributed by atoms with Crippen molar-refractivity contribution >= 4 is 35.0 Å². The van der Waals surface area contributed by atoms with Crippen LogP contribution in [0, 0.1) is 0 Å². The van der Waals surface area contributed by atoms with Gasteiger partial charge in [-0.15, -0.1) is 0 Å². The minimum Gasteiger partial charge on any atom is -0.493 e. The SMILES string of the molecule is COc1cc(Cl)c(NC(=O)CN2C(=O)c3ccccc3C2=O)cc1OC. The zero-order valence-corrected chi connectivity index (χ0v) is 14.8. The van der Waals surface area contributed by atoms with Crippen LogP contribution < -0.4 is 14.8 Å². The summed E-state index contributed by atoms with van der Waals surface area (Å²) in [5.41, 5.74) is 0.856. The number of amides is 3. The van der Waals surface area contributed by atoms with Crippen LogP contribution in [0.15, 0.2) is 36.4 Å². The van der Waals surface area contributed by atoms with E-state index >= 15 is 0 Å². The van der Waals surface area contributed by atoms with Gasteiger partial charge in [-0.1, -0.05) is 23.7 Å². The zero-order valence-electron chi connectivity index (χ0n) is 14.0. The Morgan fingerprint density at radius 2 is 1.58 bits per heavy atom. The van der Waals surface area contributed by atoms with Gasteiger partial charge < -0.3 is 14.8 Å². The fourth-order valence-corrected chi connectivity index (χ4v) is 2.87. The molecule has 1 heterocycles. The van der Waals surface area contributed by atoms with Crippen LogP contribution in [-0.4, -0.2) is 43.4 Å². The highest BCUT2D eigenvalue weighted by atomic mass is 35.5. The summed E-state index contributed by atoms with van der Waals surface area (Å²) in [4.78, 5) is 37.8. The van der Waals surface area contributed by atoms with Gasteiger partial charge in [0.05, 0.1) is 36.1 Å². The van der Waals surface area contributed by atoms with Crippen LogP contribution in [0.2, 0.25) is 5.02 Å². The molecule has 0 saturated carbocycles. The van der Waals surface area contributed by atoms with Crippen LogP contribution in [0.3, 0.4) is 0 Å². The van der Waals surface area contributed by atoms with Crippen molar-refractivity contribution in [2.75, 3.05) is 26.1 Å². The maximum absolute atomic E-state index is 12.3. The summed E-state index contributed by atoms with van der Waals surface area (Å²) in [6.45, 7) is -0.420. The van der Waals surface area contributed by atoms with E-state index in [1.807, 2.05) is 0 Å². The zero-order chi connectivity index (χ0) is 18.8. The lowest BCUT2D eigenvalue weighted by atomic mass is 10.1. The second-order valence-electron chi connectivity index (χ2n) is 5.48. The lowest BCUT2D eigenvalue weighted by molar-refractivity contribution is -0.116. The number of methoxy groups -OCH3 is 2. The van der Waals surface area contributed by atoms with Gasteiger partial charge in [0.15, 0.2) is 11.5 Å². The van der Waals surface area contributed by atoms with E-state index in [0.717, 1.165) is 4.90 Å². The molecule has 0 radical (unpaired) electrons. The Labute approximate surface area is 154 Å². The molecule has 0 saturated heterocycles. The number of hydrogen-bond donors (Lipinski definition) is 1. The Morgan fingerprint density at radius 3 is 2.12 bits per heavy atom. The summed E-state index contributed by atoms with van der Waals surface area (Å²) in [5, 5.41) is 2.81. The Balaban J connectivity index is 1.76. The van der Waals surface area contributed by atoms with E-state index in [1.165, 1.54) is 26.4 Å². The van der Waals surface area contributed by atoms with E-state index in [4.69, 9.17) is 21.1 Å². The molecule has 26 heavy (non-hydrogen) atoms. The Hall–Kier alpha value is -3.06. The molecule has 1 N–H and O–H groups in total. The molecular weight excluding hydrogens is 360 g/mol. The Kier molecular flexibility index (Phi) is 4.81. The van der Waals surface area contributed by atoms with E-state index in [2.05, 4.69) is 5.32 Å². The maximum Gasteiger partial charge on any atom is 0.262 e. The van der Waals surface area contributed by atoms with E-state index in [-0.39, 0.29) is 21.8 Å². The van der Waals surface area contributed by atoms with Crippen molar-refractivity contribution in [2.24, 2.45) is 0 Å². The summed E-state index contributed by atoms with van der Waals surface area (Å²) in [5.74, 6) is -0.768. The monoisotopic (exact) mass is 374 g/mol. The van der Waals surface area contributed by atoms with E-state index < -0.39 is 24.3 Å². The van der Waals surface area contributed by atoms with Crippen molar-refractivity contribution in [1.29, 1.82) is 0 Å². The van der Waals surface area contributed by atoms with Crippen LogP contribution in [0.4, 0.5) is 5.69 Å². The molecule has 2 aromatic carbocycles. The topological polar surface area (TPSA) is 84.9 Å². The third-order valence-electron chi connectivity index (χ3n) is 3.93.